The van der Waals surface area contributed by atoms with Crippen molar-refractivity contribution in [3.8, 4) is 0 Å². The summed E-state index contributed by atoms with van der Waals surface area (Å²) in [6.07, 6.45) is 0. The zero-order valence-corrected chi connectivity index (χ0v) is 16.2. The Balaban J connectivity index is 2.83. The van der Waals surface area contributed by atoms with Crippen LogP contribution in [0.4, 0.5) is 0 Å². The van der Waals surface area contributed by atoms with Gasteiger partial charge in [0.2, 0.25) is 7.38 Å². The summed E-state index contributed by atoms with van der Waals surface area (Å²) in [4.78, 5) is 0. The van der Waals surface area contributed by atoms with Crippen LogP contribution in [-0.4, -0.2) is 7.38 Å². The highest BCUT2D eigenvalue weighted by Gasteiger charge is 2.37. The molecule has 0 saturated heterocycles. The van der Waals surface area contributed by atoms with E-state index in [0.717, 1.165) is 0 Å². The second-order valence-corrected chi connectivity index (χ2v) is 11.1. The highest BCUT2D eigenvalue weighted by Crippen LogP contribution is 2.22. The van der Waals surface area contributed by atoms with Crippen LogP contribution in [0, 0.1) is 41.5 Å². The lowest BCUT2D eigenvalue weighted by Gasteiger charge is -2.29. The number of aryl methyl sites for hydroxylation is 6. The monoisotopic (exact) mass is 328 g/mol. The molecule has 0 aromatic heterocycles. The molecule has 2 heteroatoms. The molecule has 2 aromatic rings. The topological polar surface area (TPSA) is 0 Å². The van der Waals surface area contributed by atoms with Crippen molar-refractivity contribution in [3.63, 3.8) is 0 Å². The molecule has 0 N–H and O–H groups in total. The van der Waals surface area contributed by atoms with Gasteiger partial charge in [-0.25, -0.2) is 0 Å². The van der Waals surface area contributed by atoms with Crippen LogP contribution in [-0.2, 0) is 0 Å². The van der Waals surface area contributed by atoms with Crippen LogP contribution in [0.1, 0.15) is 33.4 Å². The lowest BCUT2D eigenvalue weighted by atomic mass is 10.1. The minimum atomic E-state index is -2.46. The van der Waals surface area contributed by atoms with Crippen LogP contribution in [0.3, 0.4) is 0 Å². The predicted molar refractivity (Wildman–Crippen MR) is 102 cm³/mol. The third-order valence-corrected chi connectivity index (χ3v) is 9.56. The molecule has 0 aliphatic carbocycles. The van der Waals surface area contributed by atoms with Crippen LogP contribution in [0.25, 0.3) is 0 Å². The molecule has 0 aliphatic heterocycles. The van der Waals surface area contributed by atoms with Crippen LogP contribution in [0.2, 0.25) is 0 Å². The van der Waals surface area contributed by atoms with Gasteiger partial charge in [0.15, 0.2) is 0 Å². The van der Waals surface area contributed by atoms with E-state index < -0.39 is 7.38 Å². The van der Waals surface area contributed by atoms with E-state index in [9.17, 15) is 0 Å². The van der Waals surface area contributed by atoms with E-state index in [1.165, 1.54) is 43.8 Å². The first kappa shape index (κ1) is 17.0. The third-order valence-electron chi connectivity index (χ3n) is 4.36. The number of hydrogen-bond donors (Lipinski definition) is 0. The molecule has 0 amide bonds. The normalized spacial score (nSPS) is 11.6. The first-order valence-electron chi connectivity index (χ1n) is 7.70. The maximum absolute atomic E-state index is 7.32. The molecule has 2 rings (SSSR count). The van der Waals surface area contributed by atoms with Crippen molar-refractivity contribution in [2.75, 3.05) is 0 Å². The van der Waals surface area contributed by atoms with Gasteiger partial charge >= 0.3 is 0 Å². The highest BCUT2D eigenvalue weighted by molar-refractivity contribution is 7.37. The van der Waals surface area contributed by atoms with Crippen molar-refractivity contribution in [1.82, 2.24) is 0 Å². The van der Waals surface area contributed by atoms with Gasteiger partial charge in [-0.15, -0.1) is 17.7 Å². The Morgan fingerprint density at radius 3 is 1.23 bits per heavy atom. The van der Waals surface area contributed by atoms with E-state index in [2.05, 4.69) is 72.4 Å². The summed E-state index contributed by atoms with van der Waals surface area (Å²) in [7, 11) is -2.46. The molecular weight excluding hydrogens is 304 g/mol. The number of halogens is 1. The van der Waals surface area contributed by atoms with E-state index in [-0.39, 0.29) is 0 Å². The highest BCUT2D eigenvalue weighted by atomic mass is 35.6. The molecule has 0 saturated carbocycles. The summed E-state index contributed by atoms with van der Waals surface area (Å²) < 4.78 is 0. The largest absolute Gasteiger partial charge is 0.241 e. The molecule has 0 spiro atoms. The number of rotatable bonds is 3. The molecule has 0 unspecified atom stereocenters. The summed E-state index contributed by atoms with van der Waals surface area (Å²) in [6.45, 7) is 17.1. The van der Waals surface area contributed by atoms with E-state index in [1.54, 1.807) is 0 Å². The molecular formula is C20H25ClSi. The Morgan fingerprint density at radius 1 is 0.727 bits per heavy atom. The molecule has 2 aromatic carbocycles. The van der Waals surface area contributed by atoms with Crippen LogP contribution in [0.5, 0.6) is 0 Å². The standard InChI is InChI=1S/C20H25ClSi/c1-8-22(21,19-15(4)9-13(2)10-16(19)5)20-17(6)11-14(3)12-18(20)7/h8-12H,1H2,2-7H3. The Hall–Kier alpha value is -1.31. The lowest BCUT2D eigenvalue weighted by molar-refractivity contribution is 1.33. The maximum atomic E-state index is 7.32. The fraction of sp³-hybridized carbons (Fsp3) is 0.300. The zero-order valence-electron chi connectivity index (χ0n) is 14.5. The van der Waals surface area contributed by atoms with Crippen LogP contribution in [0.15, 0.2) is 36.5 Å². The van der Waals surface area contributed by atoms with Crippen LogP contribution >= 0.6 is 11.1 Å². The third kappa shape index (κ3) is 2.80. The van der Waals surface area contributed by atoms with E-state index in [0.29, 0.717) is 0 Å². The molecule has 0 fully saturated rings. The van der Waals surface area contributed by atoms with Crippen LogP contribution < -0.4 is 10.4 Å². The van der Waals surface area contributed by atoms with Gasteiger partial charge in [-0.05, 0) is 74.2 Å². The van der Waals surface area contributed by atoms with E-state index >= 15 is 0 Å². The summed E-state index contributed by atoms with van der Waals surface area (Å²) in [5.41, 5.74) is 9.69. The van der Waals surface area contributed by atoms with Gasteiger partial charge in [0.05, 0.1) is 0 Å². The van der Waals surface area contributed by atoms with Crippen molar-refractivity contribution in [2.24, 2.45) is 0 Å². The Bertz CT molecular complexity index is 640. The van der Waals surface area contributed by atoms with Gasteiger partial charge in [-0.1, -0.05) is 41.1 Å². The maximum Gasteiger partial charge on any atom is 0.241 e. The molecule has 0 atom stereocenters. The molecule has 0 bridgehead atoms. The second kappa shape index (κ2) is 6.06. The van der Waals surface area contributed by atoms with Gasteiger partial charge in [0.1, 0.15) is 0 Å². The van der Waals surface area contributed by atoms with Gasteiger partial charge < -0.3 is 0 Å². The predicted octanol–water partition coefficient (Wildman–Crippen LogP) is 4.56. The fourth-order valence-corrected chi connectivity index (χ4v) is 8.87. The quantitative estimate of drug-likeness (QED) is 0.572. The Kier molecular flexibility index (Phi) is 4.69. The summed E-state index contributed by atoms with van der Waals surface area (Å²) in [6, 6.07) is 8.92. The Labute approximate surface area is 140 Å². The average Bonchev–Trinajstić information content (AvgIpc) is 2.35. The first-order chi connectivity index (χ1) is 10.2. The van der Waals surface area contributed by atoms with Crippen molar-refractivity contribution in [3.05, 3.63) is 69.9 Å². The molecule has 0 heterocycles. The fourth-order valence-electron chi connectivity index (χ4n) is 3.84. The molecule has 116 valence electrons. The SMILES string of the molecule is C=C[Si](Cl)(c1c(C)cc(C)cc1C)c1c(C)cc(C)cc1C. The van der Waals surface area contributed by atoms with Crippen molar-refractivity contribution in [2.45, 2.75) is 41.5 Å². The molecule has 22 heavy (non-hydrogen) atoms. The average molecular weight is 329 g/mol. The number of benzene rings is 2. The van der Waals surface area contributed by atoms with E-state index in [1.807, 2.05) is 5.70 Å². The zero-order chi connectivity index (χ0) is 16.7. The molecule has 0 nitrogen and oxygen atoms in total. The summed E-state index contributed by atoms with van der Waals surface area (Å²) >= 11 is 7.32. The van der Waals surface area contributed by atoms with Crippen molar-refractivity contribution in [1.29, 1.82) is 0 Å². The van der Waals surface area contributed by atoms with Gasteiger partial charge in [-0.2, -0.15) is 0 Å². The minimum Gasteiger partial charge on any atom is -0.149 e. The van der Waals surface area contributed by atoms with Crippen molar-refractivity contribution >= 4 is 28.8 Å². The van der Waals surface area contributed by atoms with Gasteiger partial charge in [0, 0.05) is 0 Å². The van der Waals surface area contributed by atoms with Crippen molar-refractivity contribution < 1.29 is 0 Å². The first-order valence-corrected chi connectivity index (χ1v) is 10.8. The lowest BCUT2D eigenvalue weighted by Crippen LogP contribution is -2.56. The van der Waals surface area contributed by atoms with Gasteiger partial charge in [0.25, 0.3) is 0 Å². The van der Waals surface area contributed by atoms with E-state index in [4.69, 9.17) is 11.1 Å². The molecule has 0 radical (unpaired) electrons. The minimum absolute atomic E-state index is 1.28. The summed E-state index contributed by atoms with van der Waals surface area (Å²) in [5, 5.41) is 2.59. The molecule has 0 aliphatic rings. The second-order valence-electron chi connectivity index (χ2n) is 6.46. The number of hydrogen-bond acceptors (Lipinski definition) is 0. The smallest absolute Gasteiger partial charge is 0.149 e. The van der Waals surface area contributed by atoms with Gasteiger partial charge in [-0.3, -0.25) is 0 Å². The Morgan fingerprint density at radius 2 is 1.00 bits per heavy atom. The summed E-state index contributed by atoms with van der Waals surface area (Å²) in [5.74, 6) is 0.